The molecular weight excluding hydrogens is 208 g/mol. The molecule has 0 aliphatic carbocycles. The van der Waals surface area contributed by atoms with E-state index in [-0.39, 0.29) is 5.82 Å². The number of rotatable bonds is 4. The van der Waals surface area contributed by atoms with Crippen LogP contribution in [-0.4, -0.2) is 29.1 Å². The summed E-state index contributed by atoms with van der Waals surface area (Å²) in [5.74, 6) is 0.489. The largest absolute Gasteiger partial charge is 0.363 e. The van der Waals surface area contributed by atoms with Crippen molar-refractivity contribution in [2.75, 3.05) is 13.1 Å². The van der Waals surface area contributed by atoms with Crippen LogP contribution in [0.3, 0.4) is 0 Å². The van der Waals surface area contributed by atoms with Crippen molar-refractivity contribution >= 4 is 5.91 Å². The maximum absolute atomic E-state index is 10.7. The van der Waals surface area contributed by atoms with Gasteiger partial charge < -0.3 is 15.6 Å². The SMILES string of the molecule is NC(=O)c1noc(CCC2CCCNC2)n1. The van der Waals surface area contributed by atoms with E-state index in [0.29, 0.717) is 18.2 Å². The van der Waals surface area contributed by atoms with Crippen LogP contribution in [0.5, 0.6) is 0 Å². The maximum Gasteiger partial charge on any atom is 0.290 e. The molecule has 2 rings (SSSR count). The lowest BCUT2D eigenvalue weighted by Crippen LogP contribution is -2.29. The van der Waals surface area contributed by atoms with Crippen LogP contribution in [0.4, 0.5) is 0 Å². The molecule has 0 saturated carbocycles. The minimum absolute atomic E-state index is 0.0308. The zero-order valence-corrected chi connectivity index (χ0v) is 9.11. The highest BCUT2D eigenvalue weighted by Gasteiger charge is 2.16. The number of carbonyl (C=O) groups is 1. The first-order valence-electron chi connectivity index (χ1n) is 5.59. The Balaban J connectivity index is 1.81. The van der Waals surface area contributed by atoms with Crippen LogP contribution in [0.15, 0.2) is 4.52 Å². The molecule has 1 fully saturated rings. The Hall–Kier alpha value is -1.43. The maximum atomic E-state index is 10.7. The number of nitrogens with one attached hydrogen (secondary N) is 1. The Kier molecular flexibility index (Phi) is 3.51. The van der Waals surface area contributed by atoms with E-state index in [4.69, 9.17) is 10.3 Å². The number of primary amides is 1. The first-order valence-corrected chi connectivity index (χ1v) is 5.59. The molecule has 1 atom stereocenters. The molecule has 1 aliphatic rings. The summed E-state index contributed by atoms with van der Waals surface area (Å²) in [5.41, 5.74) is 5.03. The first kappa shape index (κ1) is 11.1. The van der Waals surface area contributed by atoms with Gasteiger partial charge in [0.1, 0.15) is 0 Å². The summed E-state index contributed by atoms with van der Waals surface area (Å²) in [4.78, 5) is 14.7. The second-order valence-electron chi connectivity index (χ2n) is 4.13. The molecule has 0 radical (unpaired) electrons. The summed E-state index contributed by atoms with van der Waals surface area (Å²) in [6.45, 7) is 2.17. The number of aromatic nitrogens is 2. The molecular formula is C10H16N4O2. The van der Waals surface area contributed by atoms with Gasteiger partial charge in [0.25, 0.3) is 11.7 Å². The smallest absolute Gasteiger partial charge is 0.290 e. The molecule has 6 heteroatoms. The number of amides is 1. The number of hydrogen-bond donors (Lipinski definition) is 2. The first-order chi connectivity index (χ1) is 7.75. The van der Waals surface area contributed by atoms with E-state index in [0.717, 1.165) is 19.5 Å². The normalized spacial score (nSPS) is 20.9. The van der Waals surface area contributed by atoms with Crippen molar-refractivity contribution in [1.82, 2.24) is 15.5 Å². The van der Waals surface area contributed by atoms with E-state index < -0.39 is 5.91 Å². The molecule has 0 bridgehead atoms. The van der Waals surface area contributed by atoms with Gasteiger partial charge in [0, 0.05) is 6.42 Å². The zero-order chi connectivity index (χ0) is 11.4. The molecule has 1 aromatic heterocycles. The summed E-state index contributed by atoms with van der Waals surface area (Å²) < 4.78 is 4.93. The molecule has 1 unspecified atom stereocenters. The van der Waals surface area contributed by atoms with E-state index >= 15 is 0 Å². The van der Waals surface area contributed by atoms with Crippen LogP contribution in [0.2, 0.25) is 0 Å². The van der Waals surface area contributed by atoms with Crippen LogP contribution in [0.25, 0.3) is 0 Å². The molecule has 1 amide bonds. The van der Waals surface area contributed by atoms with Gasteiger partial charge in [-0.25, -0.2) is 0 Å². The number of nitrogens with two attached hydrogens (primary N) is 1. The molecule has 16 heavy (non-hydrogen) atoms. The Labute approximate surface area is 93.6 Å². The van der Waals surface area contributed by atoms with Gasteiger partial charge in [0.05, 0.1) is 0 Å². The Morgan fingerprint density at radius 3 is 3.12 bits per heavy atom. The quantitative estimate of drug-likeness (QED) is 0.756. The average molecular weight is 224 g/mol. The monoisotopic (exact) mass is 224 g/mol. The van der Waals surface area contributed by atoms with Gasteiger partial charge in [-0.05, 0) is 38.3 Å². The Bertz CT molecular complexity index is 357. The van der Waals surface area contributed by atoms with Gasteiger partial charge in [0.2, 0.25) is 5.89 Å². The van der Waals surface area contributed by atoms with Gasteiger partial charge in [-0.1, -0.05) is 5.16 Å². The van der Waals surface area contributed by atoms with E-state index in [1.54, 1.807) is 0 Å². The minimum Gasteiger partial charge on any atom is -0.363 e. The lowest BCUT2D eigenvalue weighted by atomic mass is 9.95. The zero-order valence-electron chi connectivity index (χ0n) is 9.11. The van der Waals surface area contributed by atoms with Gasteiger partial charge >= 0.3 is 0 Å². The summed E-state index contributed by atoms with van der Waals surface area (Å²) in [7, 11) is 0. The Morgan fingerprint density at radius 2 is 2.50 bits per heavy atom. The molecule has 3 N–H and O–H groups in total. The number of carbonyl (C=O) groups excluding carboxylic acids is 1. The van der Waals surface area contributed by atoms with Crippen molar-refractivity contribution in [3.8, 4) is 0 Å². The summed E-state index contributed by atoms with van der Waals surface area (Å²) in [6.07, 6.45) is 4.19. The van der Waals surface area contributed by atoms with Gasteiger partial charge in [-0.3, -0.25) is 4.79 Å². The fourth-order valence-corrected chi connectivity index (χ4v) is 1.95. The molecule has 6 nitrogen and oxygen atoms in total. The van der Waals surface area contributed by atoms with Crippen LogP contribution in [0, 0.1) is 5.92 Å². The van der Waals surface area contributed by atoms with Crippen LogP contribution < -0.4 is 11.1 Å². The number of piperidine rings is 1. The molecule has 0 aromatic carbocycles. The fourth-order valence-electron chi connectivity index (χ4n) is 1.95. The number of hydrogen-bond acceptors (Lipinski definition) is 5. The highest BCUT2D eigenvalue weighted by atomic mass is 16.5. The standard InChI is InChI=1S/C10H16N4O2/c11-9(15)10-13-8(16-14-10)4-3-7-2-1-5-12-6-7/h7,12H,1-6H2,(H2,11,15). The third-order valence-corrected chi connectivity index (χ3v) is 2.85. The molecule has 1 aromatic rings. The predicted molar refractivity (Wildman–Crippen MR) is 56.7 cm³/mol. The van der Waals surface area contributed by atoms with E-state index in [2.05, 4.69) is 15.5 Å². The fraction of sp³-hybridized carbons (Fsp3) is 0.700. The third kappa shape index (κ3) is 2.79. The Morgan fingerprint density at radius 1 is 1.62 bits per heavy atom. The van der Waals surface area contributed by atoms with Crippen molar-refractivity contribution in [2.45, 2.75) is 25.7 Å². The van der Waals surface area contributed by atoms with E-state index in [9.17, 15) is 4.79 Å². The number of nitrogens with zero attached hydrogens (tertiary/aromatic N) is 2. The third-order valence-electron chi connectivity index (χ3n) is 2.85. The minimum atomic E-state index is -0.644. The van der Waals surface area contributed by atoms with E-state index in [1.807, 2.05) is 0 Å². The summed E-state index contributed by atoms with van der Waals surface area (Å²) >= 11 is 0. The van der Waals surface area contributed by atoms with Crippen LogP contribution in [0.1, 0.15) is 35.8 Å². The highest BCUT2D eigenvalue weighted by molar-refractivity contribution is 5.88. The van der Waals surface area contributed by atoms with Crippen molar-refractivity contribution < 1.29 is 9.32 Å². The van der Waals surface area contributed by atoms with E-state index in [1.165, 1.54) is 12.8 Å². The van der Waals surface area contributed by atoms with Crippen molar-refractivity contribution in [3.63, 3.8) is 0 Å². The van der Waals surface area contributed by atoms with Crippen molar-refractivity contribution in [2.24, 2.45) is 11.7 Å². The average Bonchev–Trinajstić information content (AvgIpc) is 2.76. The predicted octanol–water partition coefficient (Wildman–Crippen LogP) is 0.101. The van der Waals surface area contributed by atoms with Crippen molar-refractivity contribution in [3.05, 3.63) is 11.7 Å². The lowest BCUT2D eigenvalue weighted by molar-refractivity contribution is 0.0987. The van der Waals surface area contributed by atoms with Crippen LogP contribution >= 0.6 is 0 Å². The summed E-state index contributed by atoms with van der Waals surface area (Å²) in [5, 5.41) is 6.86. The summed E-state index contributed by atoms with van der Waals surface area (Å²) in [6, 6.07) is 0. The lowest BCUT2D eigenvalue weighted by Gasteiger charge is -2.21. The van der Waals surface area contributed by atoms with Crippen LogP contribution in [-0.2, 0) is 6.42 Å². The topological polar surface area (TPSA) is 94.0 Å². The molecule has 2 heterocycles. The second-order valence-corrected chi connectivity index (χ2v) is 4.13. The van der Waals surface area contributed by atoms with Crippen molar-refractivity contribution in [1.29, 1.82) is 0 Å². The molecule has 1 saturated heterocycles. The molecule has 88 valence electrons. The van der Waals surface area contributed by atoms with Gasteiger partial charge in [0.15, 0.2) is 0 Å². The molecule has 0 spiro atoms. The number of aryl methyl sites for hydroxylation is 1. The second kappa shape index (κ2) is 5.07. The highest BCUT2D eigenvalue weighted by Crippen LogP contribution is 2.16. The van der Waals surface area contributed by atoms with Gasteiger partial charge in [-0.2, -0.15) is 4.98 Å². The van der Waals surface area contributed by atoms with Gasteiger partial charge in [-0.15, -0.1) is 0 Å². The molecule has 1 aliphatic heterocycles.